The van der Waals surface area contributed by atoms with Crippen molar-refractivity contribution < 1.29 is 9.90 Å². The van der Waals surface area contributed by atoms with Crippen LogP contribution in [-0.2, 0) is 0 Å². The maximum absolute atomic E-state index is 12.6. The lowest BCUT2D eigenvalue weighted by Gasteiger charge is -2.26. The third-order valence-corrected chi connectivity index (χ3v) is 5.24. The van der Waals surface area contributed by atoms with Crippen LogP contribution in [0.2, 0.25) is 0 Å². The quantitative estimate of drug-likeness (QED) is 0.743. The number of piperidine rings is 1. The fraction of sp³-hybridized carbons (Fsp3) is 0.273. The van der Waals surface area contributed by atoms with Crippen LogP contribution in [0.4, 0.5) is 0 Å². The molecule has 1 aliphatic heterocycles. The molecule has 0 atom stereocenters. The number of nitriles is 1. The molecule has 29 heavy (non-hydrogen) atoms. The minimum absolute atomic E-state index is 0.0117. The molecule has 0 aliphatic carbocycles. The first kappa shape index (κ1) is 18.7. The van der Waals surface area contributed by atoms with E-state index in [-0.39, 0.29) is 11.8 Å². The van der Waals surface area contributed by atoms with Gasteiger partial charge in [0.1, 0.15) is 0 Å². The molecule has 2 aromatic heterocycles. The van der Waals surface area contributed by atoms with Gasteiger partial charge in [-0.1, -0.05) is 6.07 Å². The molecule has 1 aliphatic rings. The van der Waals surface area contributed by atoms with Crippen LogP contribution in [-0.4, -0.2) is 43.8 Å². The smallest absolute Gasteiger partial charge is 0.255 e. The van der Waals surface area contributed by atoms with Gasteiger partial charge in [-0.15, -0.1) is 0 Å². The summed E-state index contributed by atoms with van der Waals surface area (Å²) in [6, 6.07) is 10.8. The fourth-order valence-electron chi connectivity index (χ4n) is 3.65. The van der Waals surface area contributed by atoms with E-state index >= 15 is 0 Å². The summed E-state index contributed by atoms with van der Waals surface area (Å²) in [4.78, 5) is 18.8. The van der Waals surface area contributed by atoms with Crippen molar-refractivity contribution in [3.63, 3.8) is 0 Å². The Kier molecular flexibility index (Phi) is 5.00. The lowest BCUT2D eigenvalue weighted by Crippen LogP contribution is -2.35. The Hall–Kier alpha value is -3.66. The number of benzene rings is 1. The molecule has 0 bridgehead atoms. The molecular formula is C22H21N5O2. The van der Waals surface area contributed by atoms with Gasteiger partial charge in [-0.3, -0.25) is 4.79 Å². The first-order valence-electron chi connectivity index (χ1n) is 9.62. The number of rotatable bonds is 3. The van der Waals surface area contributed by atoms with Crippen molar-refractivity contribution >= 4 is 5.91 Å². The average molecular weight is 387 g/mol. The number of pyridine rings is 1. The van der Waals surface area contributed by atoms with Crippen LogP contribution in [0, 0.1) is 18.3 Å². The number of hydrogen-bond donors (Lipinski definition) is 1. The van der Waals surface area contributed by atoms with Gasteiger partial charge in [-0.2, -0.15) is 15.0 Å². The van der Waals surface area contributed by atoms with Gasteiger partial charge >= 0.3 is 0 Å². The highest BCUT2D eigenvalue weighted by Gasteiger charge is 2.20. The number of aromatic hydroxyl groups is 1. The fourth-order valence-corrected chi connectivity index (χ4v) is 3.65. The Bertz CT molecular complexity index is 1090. The van der Waals surface area contributed by atoms with Gasteiger partial charge in [0.15, 0.2) is 5.82 Å². The molecule has 7 heteroatoms. The zero-order valence-corrected chi connectivity index (χ0v) is 16.2. The predicted octanol–water partition coefficient (Wildman–Crippen LogP) is 3.45. The van der Waals surface area contributed by atoms with Crippen molar-refractivity contribution in [2.24, 2.45) is 0 Å². The highest BCUT2D eigenvalue weighted by atomic mass is 16.3. The van der Waals surface area contributed by atoms with Gasteiger partial charge in [0.25, 0.3) is 5.91 Å². The van der Waals surface area contributed by atoms with E-state index in [0.29, 0.717) is 22.5 Å². The van der Waals surface area contributed by atoms with E-state index in [2.05, 4.69) is 16.2 Å². The van der Waals surface area contributed by atoms with Crippen LogP contribution in [0.3, 0.4) is 0 Å². The molecule has 1 amide bonds. The monoisotopic (exact) mass is 387 g/mol. The summed E-state index contributed by atoms with van der Waals surface area (Å²) in [6.07, 6.45) is 6.34. The molecule has 0 radical (unpaired) electrons. The Balaban J connectivity index is 1.60. The van der Waals surface area contributed by atoms with Crippen molar-refractivity contribution in [3.8, 4) is 28.9 Å². The molecule has 4 rings (SSSR count). The third-order valence-electron chi connectivity index (χ3n) is 5.24. The maximum atomic E-state index is 12.6. The number of likely N-dealkylation sites (tertiary alicyclic amines) is 1. The molecule has 146 valence electrons. The minimum atomic E-state index is -0.0413. The maximum Gasteiger partial charge on any atom is 0.255 e. The minimum Gasteiger partial charge on any atom is -0.493 e. The number of carbonyl (C=O) groups is 1. The van der Waals surface area contributed by atoms with Crippen LogP contribution in [0.25, 0.3) is 16.9 Å². The van der Waals surface area contributed by atoms with E-state index in [1.54, 1.807) is 36.5 Å². The Labute approximate surface area is 168 Å². The highest BCUT2D eigenvalue weighted by molar-refractivity contribution is 5.94. The molecule has 1 fully saturated rings. The second-order valence-corrected chi connectivity index (χ2v) is 7.19. The molecule has 0 spiro atoms. The van der Waals surface area contributed by atoms with E-state index in [9.17, 15) is 9.90 Å². The summed E-state index contributed by atoms with van der Waals surface area (Å²) in [7, 11) is 0. The Morgan fingerprint density at radius 3 is 2.55 bits per heavy atom. The molecular weight excluding hydrogens is 366 g/mol. The topological polar surface area (TPSA) is 95.0 Å². The molecule has 3 aromatic rings. The Morgan fingerprint density at radius 2 is 1.90 bits per heavy atom. The molecule has 1 aromatic carbocycles. The van der Waals surface area contributed by atoms with E-state index in [1.165, 1.54) is 17.3 Å². The summed E-state index contributed by atoms with van der Waals surface area (Å²) in [6.45, 7) is 3.45. The second-order valence-electron chi connectivity index (χ2n) is 7.19. The normalized spacial score (nSPS) is 13.9. The zero-order valence-electron chi connectivity index (χ0n) is 16.2. The van der Waals surface area contributed by atoms with Crippen molar-refractivity contribution in [3.05, 3.63) is 59.4 Å². The molecule has 1 N–H and O–H groups in total. The Morgan fingerprint density at radius 1 is 1.10 bits per heavy atom. The van der Waals surface area contributed by atoms with E-state index in [0.717, 1.165) is 37.1 Å². The number of nitrogens with zero attached hydrogens (tertiary/aromatic N) is 5. The van der Waals surface area contributed by atoms with E-state index < -0.39 is 0 Å². The van der Waals surface area contributed by atoms with Crippen molar-refractivity contribution in [1.82, 2.24) is 19.7 Å². The lowest BCUT2D eigenvalue weighted by atomic mass is 10.0. The second kappa shape index (κ2) is 7.76. The van der Waals surface area contributed by atoms with E-state index in [4.69, 9.17) is 5.26 Å². The summed E-state index contributed by atoms with van der Waals surface area (Å²) < 4.78 is 1.34. The highest BCUT2D eigenvalue weighted by Crippen LogP contribution is 2.33. The number of amides is 1. The van der Waals surface area contributed by atoms with Gasteiger partial charge in [0.2, 0.25) is 5.88 Å². The average Bonchev–Trinajstić information content (AvgIpc) is 3.15. The van der Waals surface area contributed by atoms with Crippen LogP contribution in [0.15, 0.2) is 42.7 Å². The van der Waals surface area contributed by atoms with Crippen LogP contribution >= 0.6 is 0 Å². The molecule has 3 heterocycles. The van der Waals surface area contributed by atoms with Gasteiger partial charge in [-0.25, -0.2) is 4.98 Å². The van der Waals surface area contributed by atoms with Gasteiger partial charge < -0.3 is 10.0 Å². The number of hydrogen-bond acceptors (Lipinski definition) is 5. The van der Waals surface area contributed by atoms with E-state index in [1.807, 2.05) is 11.8 Å². The van der Waals surface area contributed by atoms with Crippen molar-refractivity contribution in [2.75, 3.05) is 13.1 Å². The number of aromatic nitrogens is 3. The standard InChI is InChI=1S/C22H21N5O2/c1-15-11-16(12-23)5-7-18(15)19-14-25-27(22(19)29)20-8-6-17(13-24-20)21(28)26-9-3-2-4-10-26/h5-8,11,13-14,29H,2-4,9-10H2,1H3. The molecule has 1 saturated heterocycles. The summed E-state index contributed by atoms with van der Waals surface area (Å²) in [5.41, 5.74) is 3.32. The first-order chi connectivity index (χ1) is 14.1. The number of carbonyl (C=O) groups excluding carboxylic acids is 1. The van der Waals surface area contributed by atoms with Crippen LogP contribution in [0.1, 0.15) is 40.7 Å². The summed E-state index contributed by atoms with van der Waals surface area (Å²) >= 11 is 0. The summed E-state index contributed by atoms with van der Waals surface area (Å²) in [5.74, 6) is 0.373. The first-order valence-corrected chi connectivity index (χ1v) is 9.62. The van der Waals surface area contributed by atoms with Crippen LogP contribution in [0.5, 0.6) is 5.88 Å². The number of aryl methyl sites for hydroxylation is 1. The SMILES string of the molecule is Cc1cc(C#N)ccc1-c1cnn(-c2ccc(C(=O)N3CCCCC3)cn2)c1O. The van der Waals surface area contributed by atoms with Crippen molar-refractivity contribution in [2.45, 2.75) is 26.2 Å². The largest absolute Gasteiger partial charge is 0.493 e. The lowest BCUT2D eigenvalue weighted by molar-refractivity contribution is 0.0724. The molecule has 0 saturated carbocycles. The predicted molar refractivity (Wildman–Crippen MR) is 108 cm³/mol. The molecule has 0 unspecified atom stereocenters. The van der Waals surface area contributed by atoms with Gasteiger partial charge in [0.05, 0.1) is 29.0 Å². The van der Waals surface area contributed by atoms with Gasteiger partial charge in [0, 0.05) is 19.3 Å². The van der Waals surface area contributed by atoms with Crippen LogP contribution < -0.4 is 0 Å². The van der Waals surface area contributed by atoms with Crippen molar-refractivity contribution in [1.29, 1.82) is 5.26 Å². The summed E-state index contributed by atoms with van der Waals surface area (Å²) in [5, 5.41) is 24.0. The zero-order chi connectivity index (χ0) is 20.4. The third kappa shape index (κ3) is 3.57. The molecule has 7 nitrogen and oxygen atoms in total. The van der Waals surface area contributed by atoms with Gasteiger partial charge in [-0.05, 0) is 61.6 Å².